The Balaban J connectivity index is 0.00000253. The number of nitrogens with zero attached hydrogens (tertiary/aromatic N) is 2. The number of hydrogen-bond donors (Lipinski definition) is 0. The van der Waals surface area contributed by atoms with Gasteiger partial charge in [0.15, 0.2) is 0 Å². The maximum atomic E-state index is 3.48. The molecule has 0 saturated heterocycles. The fourth-order valence-corrected chi connectivity index (χ4v) is 5.90. The van der Waals surface area contributed by atoms with Gasteiger partial charge in [0.1, 0.15) is 0 Å². The third kappa shape index (κ3) is 3.78. The van der Waals surface area contributed by atoms with Crippen LogP contribution < -0.4 is 0 Å². The molecule has 8 aromatic rings. The van der Waals surface area contributed by atoms with E-state index in [9.17, 15) is 0 Å². The van der Waals surface area contributed by atoms with Gasteiger partial charge < -0.3 is 9.13 Å². The van der Waals surface area contributed by atoms with Crippen molar-refractivity contribution in [3.8, 4) is 22.5 Å². The molecule has 181 valence electrons. The van der Waals surface area contributed by atoms with E-state index < -0.39 is 0 Å². The first-order chi connectivity index (χ1) is 18.9. The largest absolute Gasteiger partial charge is 0.328 e. The zero-order chi connectivity index (χ0) is 25.1. The molecule has 39 heavy (non-hydrogen) atoms. The van der Waals surface area contributed by atoms with Gasteiger partial charge in [-0.25, -0.2) is 11.1 Å². The van der Waals surface area contributed by atoms with Crippen molar-refractivity contribution in [2.75, 3.05) is 0 Å². The molecule has 1 radical (unpaired) electrons. The first kappa shape index (κ1) is 24.1. The van der Waals surface area contributed by atoms with E-state index in [0.717, 1.165) is 22.5 Å². The molecule has 0 bridgehead atoms. The average molecular weight is 571 g/mol. The molecule has 6 aromatic carbocycles. The summed E-state index contributed by atoms with van der Waals surface area (Å²) in [4.78, 5) is 0. The fourth-order valence-electron chi connectivity index (χ4n) is 5.90. The normalized spacial score (nSPS) is 11.4. The topological polar surface area (TPSA) is 9.86 Å². The minimum Gasteiger partial charge on any atom is -0.328 e. The summed E-state index contributed by atoms with van der Waals surface area (Å²) in [5, 5.41) is 5.05. The molecular weight excluding hydrogens is 549 g/mol. The molecule has 0 fully saturated rings. The Morgan fingerprint density at radius 1 is 0.385 bits per heavy atom. The third-order valence-electron chi connectivity index (χ3n) is 7.54. The van der Waals surface area contributed by atoms with Gasteiger partial charge in [-0.2, -0.15) is 36.4 Å². The van der Waals surface area contributed by atoms with E-state index in [1.165, 1.54) is 43.6 Å². The number of benzene rings is 6. The van der Waals surface area contributed by atoms with Gasteiger partial charge in [0.2, 0.25) is 0 Å². The molecule has 0 saturated carbocycles. The van der Waals surface area contributed by atoms with Crippen LogP contribution in [-0.2, 0) is 32.7 Å². The Labute approximate surface area is 252 Å². The Morgan fingerprint density at radius 3 is 1.03 bits per heavy atom. The van der Waals surface area contributed by atoms with Crippen molar-refractivity contribution in [1.82, 2.24) is 9.13 Å². The van der Waals surface area contributed by atoms with Crippen LogP contribution in [-0.4, -0.2) is 9.13 Å². The number of para-hydroxylation sites is 4. The van der Waals surface area contributed by atoms with Crippen molar-refractivity contribution in [1.29, 1.82) is 0 Å². The molecule has 2 heterocycles. The maximum Gasteiger partial charge on any atom is 0.0523 e. The van der Waals surface area contributed by atoms with Crippen LogP contribution in [0, 0.1) is 12.1 Å². The minimum absolute atomic E-state index is 0. The molecule has 0 unspecified atom stereocenters. The molecule has 8 rings (SSSR count). The van der Waals surface area contributed by atoms with E-state index in [1.54, 1.807) is 0 Å². The Kier molecular flexibility index (Phi) is 5.96. The summed E-state index contributed by atoms with van der Waals surface area (Å²) in [6.45, 7) is 0. The summed E-state index contributed by atoms with van der Waals surface area (Å²) in [6.07, 6.45) is 0. The first-order valence-corrected chi connectivity index (χ1v) is 12.9. The van der Waals surface area contributed by atoms with Gasteiger partial charge >= 0.3 is 0 Å². The van der Waals surface area contributed by atoms with E-state index >= 15 is 0 Å². The van der Waals surface area contributed by atoms with Crippen LogP contribution in [0.4, 0.5) is 0 Å². The predicted molar refractivity (Wildman–Crippen MR) is 158 cm³/mol. The summed E-state index contributed by atoms with van der Waals surface area (Å²) in [5.74, 6) is 0. The standard InChI is InChI=1S/C36H22N2.Y/c1-5-19-33-29(15-1)30-16-2-6-20-34(30)37(33)27-13-9-11-25(23-27)26-12-10-14-28(24-26)38-35-21-7-3-17-31(35)32-18-4-8-22-36(32)38;/h1-10,13-24H;/q-2;. The van der Waals surface area contributed by atoms with Crippen molar-refractivity contribution in [3.05, 3.63) is 146 Å². The number of hydrogen-bond acceptors (Lipinski definition) is 0. The number of fused-ring (bicyclic) bond motifs is 6. The minimum atomic E-state index is 0. The Bertz CT molecular complexity index is 1890. The van der Waals surface area contributed by atoms with Gasteiger partial charge in [-0.05, 0) is 35.6 Å². The Hall–Kier alpha value is -3.98. The van der Waals surface area contributed by atoms with Crippen molar-refractivity contribution in [2.24, 2.45) is 0 Å². The molecule has 0 amide bonds. The van der Waals surface area contributed by atoms with Gasteiger partial charge in [-0.1, -0.05) is 72.8 Å². The molecule has 0 aliphatic heterocycles. The van der Waals surface area contributed by atoms with Gasteiger partial charge in [0.25, 0.3) is 0 Å². The van der Waals surface area contributed by atoms with Crippen molar-refractivity contribution < 1.29 is 32.7 Å². The van der Waals surface area contributed by atoms with Crippen LogP contribution in [0.1, 0.15) is 0 Å². The number of rotatable bonds is 3. The molecule has 2 aromatic heterocycles. The SMILES string of the molecule is [Y].[c-]1ccc(-n2c3ccccc3c3ccccc32)cc1-c1[c-]ccc(-n2c3ccccc3c3ccccc32)c1. The van der Waals surface area contributed by atoms with Gasteiger partial charge in [0, 0.05) is 54.3 Å². The van der Waals surface area contributed by atoms with Crippen LogP contribution in [0.25, 0.3) is 66.1 Å². The summed E-state index contributed by atoms with van der Waals surface area (Å²) in [6, 6.07) is 54.2. The second-order valence-corrected chi connectivity index (χ2v) is 9.66. The zero-order valence-corrected chi connectivity index (χ0v) is 24.0. The molecule has 0 spiro atoms. The van der Waals surface area contributed by atoms with E-state index in [0.29, 0.717) is 0 Å². The van der Waals surface area contributed by atoms with Gasteiger partial charge in [0.05, 0.1) is 22.1 Å². The van der Waals surface area contributed by atoms with E-state index in [4.69, 9.17) is 0 Å². The average Bonchev–Trinajstić information content (AvgIpc) is 3.51. The quantitative estimate of drug-likeness (QED) is 0.187. The van der Waals surface area contributed by atoms with E-state index in [2.05, 4.69) is 143 Å². The number of aromatic nitrogens is 2. The molecule has 0 atom stereocenters. The smallest absolute Gasteiger partial charge is 0.0523 e. The molecular formula is C36H22N2Y-2. The third-order valence-corrected chi connectivity index (χ3v) is 7.54. The van der Waals surface area contributed by atoms with E-state index in [-0.39, 0.29) is 32.7 Å². The predicted octanol–water partition coefficient (Wildman–Crippen LogP) is 9.15. The van der Waals surface area contributed by atoms with Crippen LogP contribution in [0.5, 0.6) is 0 Å². The van der Waals surface area contributed by atoms with Crippen molar-refractivity contribution in [3.63, 3.8) is 0 Å². The van der Waals surface area contributed by atoms with Crippen LogP contribution in [0.15, 0.2) is 133 Å². The molecule has 0 N–H and O–H groups in total. The second kappa shape index (κ2) is 9.65. The maximum absolute atomic E-state index is 3.48. The summed E-state index contributed by atoms with van der Waals surface area (Å²) >= 11 is 0. The molecule has 0 aliphatic rings. The Morgan fingerprint density at radius 2 is 0.692 bits per heavy atom. The van der Waals surface area contributed by atoms with Crippen molar-refractivity contribution in [2.45, 2.75) is 0 Å². The fraction of sp³-hybridized carbons (Fsp3) is 0. The summed E-state index contributed by atoms with van der Waals surface area (Å²) < 4.78 is 4.69. The van der Waals surface area contributed by atoms with Gasteiger partial charge in [-0.15, -0.1) is 12.1 Å². The van der Waals surface area contributed by atoms with Crippen LogP contribution >= 0.6 is 0 Å². The summed E-state index contributed by atoms with van der Waals surface area (Å²) in [7, 11) is 0. The summed E-state index contributed by atoms with van der Waals surface area (Å²) in [5.41, 5.74) is 9.09. The van der Waals surface area contributed by atoms with E-state index in [1.807, 2.05) is 12.1 Å². The first-order valence-electron chi connectivity index (χ1n) is 12.9. The van der Waals surface area contributed by atoms with Crippen LogP contribution in [0.2, 0.25) is 0 Å². The molecule has 3 heteroatoms. The zero-order valence-electron chi connectivity index (χ0n) is 21.2. The second-order valence-electron chi connectivity index (χ2n) is 9.66. The molecule has 2 nitrogen and oxygen atoms in total. The molecule has 0 aliphatic carbocycles. The monoisotopic (exact) mass is 571 g/mol. The van der Waals surface area contributed by atoms with Crippen LogP contribution in [0.3, 0.4) is 0 Å². The van der Waals surface area contributed by atoms with Crippen molar-refractivity contribution >= 4 is 43.6 Å². The van der Waals surface area contributed by atoms with Gasteiger partial charge in [-0.3, -0.25) is 0 Å².